The molecular formula is C49H60N11O5+. The maximum Gasteiger partial charge on any atom is 0.329 e. The van der Waals surface area contributed by atoms with Gasteiger partial charge in [-0.1, -0.05) is 29.8 Å². The number of hydrogen-bond acceptors (Lipinski definition) is 9. The van der Waals surface area contributed by atoms with E-state index in [0.29, 0.717) is 41.6 Å². The number of benzene rings is 2. The van der Waals surface area contributed by atoms with E-state index in [1.54, 1.807) is 21.0 Å². The van der Waals surface area contributed by atoms with Gasteiger partial charge in [0, 0.05) is 55.3 Å². The molecule has 2 aromatic carbocycles. The highest BCUT2D eigenvalue weighted by Gasteiger charge is 2.38. The summed E-state index contributed by atoms with van der Waals surface area (Å²) in [5, 5.41) is 5.59. The summed E-state index contributed by atoms with van der Waals surface area (Å²) in [6.45, 7) is 11.5. The van der Waals surface area contributed by atoms with Gasteiger partial charge >= 0.3 is 5.69 Å². The molecule has 3 fully saturated rings. The summed E-state index contributed by atoms with van der Waals surface area (Å²) >= 11 is 0. The van der Waals surface area contributed by atoms with Gasteiger partial charge in [0.1, 0.15) is 12.6 Å². The number of likely N-dealkylation sites (tertiary alicyclic amines) is 2. The number of fused-ring (bicyclic) bond motifs is 8. The predicted octanol–water partition coefficient (Wildman–Crippen LogP) is 4.70. The number of pyridine rings is 1. The van der Waals surface area contributed by atoms with Crippen LogP contribution in [0.5, 0.6) is 0 Å². The summed E-state index contributed by atoms with van der Waals surface area (Å²) < 4.78 is 7.32. The Morgan fingerprint density at radius 1 is 0.892 bits per heavy atom. The number of anilines is 1. The van der Waals surface area contributed by atoms with Crippen LogP contribution < -0.4 is 25.8 Å². The topological polar surface area (TPSA) is 157 Å². The third-order valence-electron chi connectivity index (χ3n) is 14.7. The number of hydrogen-bond donors (Lipinski definition) is 2. The summed E-state index contributed by atoms with van der Waals surface area (Å²) in [7, 11) is 3.71. The second-order valence-electron chi connectivity index (χ2n) is 19.2. The van der Waals surface area contributed by atoms with Gasteiger partial charge < -0.3 is 14.3 Å². The average Bonchev–Trinajstić information content (AvgIpc) is 3.91. The molecule has 340 valence electrons. The second-order valence-corrected chi connectivity index (χ2v) is 19.2. The fraction of sp³-hybridized carbons (Fsp3) is 0.490. The van der Waals surface area contributed by atoms with Gasteiger partial charge in [-0.25, -0.2) is 9.78 Å². The summed E-state index contributed by atoms with van der Waals surface area (Å²) in [6, 6.07) is 17.5. The molecule has 10 rings (SSSR count). The summed E-state index contributed by atoms with van der Waals surface area (Å²) in [5.74, 6) is -0.0471. The monoisotopic (exact) mass is 882 g/mol. The van der Waals surface area contributed by atoms with Crippen molar-refractivity contribution in [2.24, 2.45) is 25.4 Å². The Balaban J connectivity index is 0.781. The molecule has 0 radical (unpaired) electrons. The smallest absolute Gasteiger partial charge is 0.329 e. The van der Waals surface area contributed by atoms with E-state index >= 15 is 0 Å². The lowest BCUT2D eigenvalue weighted by atomic mass is 9.71. The zero-order chi connectivity index (χ0) is 45.0. The number of rotatable bonds is 6. The minimum Gasteiger partial charge on any atom is -0.368 e. The van der Waals surface area contributed by atoms with Gasteiger partial charge in [-0.2, -0.15) is 0 Å². The highest BCUT2D eigenvalue weighted by Crippen LogP contribution is 2.42. The fourth-order valence-corrected chi connectivity index (χ4v) is 10.9. The number of imidazole rings is 2. The van der Waals surface area contributed by atoms with Crippen LogP contribution in [0.1, 0.15) is 91.5 Å². The van der Waals surface area contributed by atoms with Crippen LogP contribution in [0.4, 0.5) is 5.95 Å². The largest absolute Gasteiger partial charge is 0.368 e. The third-order valence-corrected chi connectivity index (χ3v) is 14.7. The molecular weight excluding hydrogens is 823 g/mol. The molecule has 1 unspecified atom stereocenters. The Kier molecular flexibility index (Phi) is 11.4. The Bertz CT molecular complexity index is 2870. The third kappa shape index (κ3) is 8.37. The van der Waals surface area contributed by atoms with Crippen molar-refractivity contribution in [1.82, 2.24) is 43.6 Å². The van der Waals surface area contributed by atoms with Crippen molar-refractivity contribution in [2.45, 2.75) is 90.8 Å². The first-order chi connectivity index (χ1) is 31.4. The van der Waals surface area contributed by atoms with Crippen molar-refractivity contribution in [3.05, 3.63) is 93.7 Å². The quantitative estimate of drug-likeness (QED) is 0.179. The van der Waals surface area contributed by atoms with Gasteiger partial charge in [0.15, 0.2) is 18.9 Å². The molecule has 0 saturated carbocycles. The molecule has 65 heavy (non-hydrogen) atoms. The van der Waals surface area contributed by atoms with Crippen LogP contribution in [-0.4, -0.2) is 95.4 Å². The maximum atomic E-state index is 13.9. The van der Waals surface area contributed by atoms with Crippen LogP contribution in [0.25, 0.3) is 33.5 Å². The van der Waals surface area contributed by atoms with E-state index in [1.165, 1.54) is 31.2 Å². The molecule has 8 heterocycles. The number of aromatic nitrogens is 7. The lowest BCUT2D eigenvalue weighted by Crippen LogP contribution is -2.47. The molecule has 16 nitrogen and oxygen atoms in total. The van der Waals surface area contributed by atoms with Gasteiger partial charge in [-0.3, -0.25) is 44.0 Å². The van der Waals surface area contributed by atoms with Crippen LogP contribution in [0.3, 0.4) is 0 Å². The highest BCUT2D eigenvalue weighted by molar-refractivity contribution is 6.05. The van der Waals surface area contributed by atoms with Crippen molar-refractivity contribution in [2.75, 3.05) is 44.6 Å². The van der Waals surface area contributed by atoms with Gasteiger partial charge in [0.05, 0.1) is 27.8 Å². The van der Waals surface area contributed by atoms with E-state index in [9.17, 15) is 19.2 Å². The molecule has 6 aromatic rings. The first-order valence-corrected chi connectivity index (χ1v) is 23.4. The van der Waals surface area contributed by atoms with Crippen molar-refractivity contribution in [1.29, 1.82) is 0 Å². The van der Waals surface area contributed by atoms with Crippen LogP contribution >= 0.6 is 0 Å². The van der Waals surface area contributed by atoms with Crippen molar-refractivity contribution < 1.29 is 23.9 Å². The van der Waals surface area contributed by atoms with Crippen molar-refractivity contribution >= 4 is 45.7 Å². The molecule has 2 N–H and O–H groups in total. The molecule has 4 aliphatic rings. The average molecular weight is 883 g/mol. The zero-order valence-corrected chi connectivity index (χ0v) is 38.0. The lowest BCUT2D eigenvalue weighted by Gasteiger charge is -2.47. The number of piperidine rings is 3. The number of imide groups is 1. The first kappa shape index (κ1) is 42.8. The van der Waals surface area contributed by atoms with Gasteiger partial charge in [-0.05, 0) is 137 Å². The van der Waals surface area contributed by atoms with E-state index < -0.39 is 11.9 Å². The van der Waals surface area contributed by atoms with E-state index in [2.05, 4.69) is 56.2 Å². The minimum absolute atomic E-state index is 0.225. The summed E-state index contributed by atoms with van der Waals surface area (Å²) in [4.78, 5) is 74.8. The number of amides is 3. The molecule has 1 spiro atoms. The molecule has 0 aliphatic carbocycles. The van der Waals surface area contributed by atoms with Gasteiger partial charge in [-0.15, -0.1) is 0 Å². The van der Waals surface area contributed by atoms with E-state index in [4.69, 9.17) is 14.8 Å². The Morgan fingerprint density at radius 3 is 2.46 bits per heavy atom. The molecule has 2 bridgehead atoms. The molecule has 2 atom stereocenters. The van der Waals surface area contributed by atoms with Crippen molar-refractivity contribution in [3.63, 3.8) is 0 Å². The number of aryl methyl sites for hydroxylation is 3. The zero-order valence-electron chi connectivity index (χ0n) is 38.0. The van der Waals surface area contributed by atoms with E-state index in [0.717, 1.165) is 104 Å². The van der Waals surface area contributed by atoms with Crippen LogP contribution in [-0.2, 0) is 43.2 Å². The van der Waals surface area contributed by atoms with E-state index in [-0.39, 0.29) is 23.9 Å². The number of nitrogens with one attached hydrogen (secondary N) is 2. The lowest BCUT2D eigenvalue weighted by molar-refractivity contribution is -0.777. The van der Waals surface area contributed by atoms with Crippen molar-refractivity contribution in [3.8, 4) is 11.4 Å². The van der Waals surface area contributed by atoms with Gasteiger partial charge in [0.25, 0.3) is 5.91 Å². The molecule has 16 heteroatoms. The summed E-state index contributed by atoms with van der Waals surface area (Å²) in [6.07, 6.45) is 9.88. The predicted molar refractivity (Wildman–Crippen MR) is 246 cm³/mol. The molecule has 3 amide bonds. The Hall–Kier alpha value is -6.13. The normalized spacial score (nSPS) is 21.1. The number of nitrogens with zero attached hydrogens (tertiary/aromatic N) is 9. The highest BCUT2D eigenvalue weighted by atomic mass is 16.7. The maximum absolute atomic E-state index is 13.9. The minimum atomic E-state index is -0.684. The van der Waals surface area contributed by atoms with Crippen LogP contribution in [0, 0.1) is 18.3 Å². The van der Waals surface area contributed by atoms with Gasteiger partial charge in [0.2, 0.25) is 17.8 Å². The first-order valence-electron chi connectivity index (χ1n) is 23.4. The number of para-hydroxylation sites is 1. The fourth-order valence-electron chi connectivity index (χ4n) is 10.9. The number of carbonyl (C=O) groups excluding carboxylic acids is 3. The molecule has 4 aliphatic heterocycles. The number of carbonyl (C=O) groups is 3. The SMILES string of the molecule is Cc1cc2cc(n1)-c1cc[n+](C)n1OCCC[C@@H](C)Cn1c(nc3ccc(CN4CCC5(CCN(CCc6cccc7c6n(C)c(=O)n7C6CCC(=O)NC6=O)CC5)CC4)cc31)NC2=O. The summed E-state index contributed by atoms with van der Waals surface area (Å²) in [5.41, 5.74) is 8.72. The van der Waals surface area contributed by atoms with Crippen LogP contribution in [0.2, 0.25) is 0 Å². The van der Waals surface area contributed by atoms with Crippen LogP contribution in [0.15, 0.2) is 65.6 Å². The molecule has 3 saturated heterocycles. The second kappa shape index (κ2) is 17.3. The van der Waals surface area contributed by atoms with E-state index in [1.807, 2.05) is 55.2 Å². The Labute approximate surface area is 378 Å². The Morgan fingerprint density at radius 2 is 1.68 bits per heavy atom. The molecule has 4 aromatic heterocycles. The standard InChI is InChI=1S/C49H59N11O5/c1-32-7-6-26-65-60-39(15-20-54(60)3)38-29-36(27-33(2)50-38)45(62)53-47-51-37-11-10-34(28-42(37)58(47)30-32)31-57-24-18-49(19-25-57)16-22-56(23-17-49)21-14-35-8-5-9-40-44(35)55(4)48(64)59(40)41-12-13-43(61)52-46(41)63/h5,8-11,15,20,27-29,32,41H,6-7,12-14,16-19,21-26,30-31H2,1-4H3,(H-,51,52,53,61,62,63)/p+1/t32-,41?/m1/s1.